The van der Waals surface area contributed by atoms with E-state index in [0.29, 0.717) is 5.56 Å². The molecule has 1 aromatic carbocycles. The molecular weight excluding hydrogens is 233 g/mol. The van der Waals surface area contributed by atoms with Crippen LogP contribution in [0, 0.1) is 6.92 Å². The number of hydrogen-bond donors (Lipinski definition) is 1. The molecule has 3 nitrogen and oxygen atoms in total. The van der Waals surface area contributed by atoms with Crippen molar-refractivity contribution in [3.05, 3.63) is 35.5 Å². The van der Waals surface area contributed by atoms with Crippen LogP contribution in [0.25, 0.3) is 11.1 Å². The molecule has 0 unspecified atom stereocenters. The molecule has 0 aliphatic heterocycles. The highest BCUT2D eigenvalue weighted by molar-refractivity contribution is 5.75. The first-order chi connectivity index (χ1) is 7.89. The Labute approximate surface area is 95.0 Å². The number of aromatic nitrogens is 1. The first kappa shape index (κ1) is 11.5. The third kappa shape index (κ3) is 2.11. The van der Waals surface area contributed by atoms with Gasteiger partial charge in [0.15, 0.2) is 5.69 Å². The molecule has 6 heteroatoms. The number of halogens is 3. The van der Waals surface area contributed by atoms with Crippen LogP contribution >= 0.6 is 0 Å². The number of anilines is 1. The Hall–Kier alpha value is -1.98. The molecule has 0 saturated carbocycles. The molecular formula is C11H9F3N2O. The van der Waals surface area contributed by atoms with Gasteiger partial charge in [0.2, 0.25) is 5.88 Å². The van der Waals surface area contributed by atoms with Gasteiger partial charge in [-0.2, -0.15) is 13.2 Å². The summed E-state index contributed by atoms with van der Waals surface area (Å²) in [6, 6.07) is 6.56. The number of alkyl halides is 3. The van der Waals surface area contributed by atoms with Crippen molar-refractivity contribution in [2.24, 2.45) is 0 Å². The molecule has 2 N–H and O–H groups in total. The maximum absolute atomic E-state index is 12.7. The lowest BCUT2D eigenvalue weighted by atomic mass is 10.0. The normalized spacial score (nSPS) is 11.8. The van der Waals surface area contributed by atoms with Crippen molar-refractivity contribution in [3.8, 4) is 11.1 Å². The van der Waals surface area contributed by atoms with Gasteiger partial charge < -0.3 is 10.3 Å². The van der Waals surface area contributed by atoms with E-state index < -0.39 is 11.9 Å². The lowest BCUT2D eigenvalue weighted by Gasteiger charge is -2.06. The Morgan fingerprint density at radius 1 is 1.29 bits per heavy atom. The summed E-state index contributed by atoms with van der Waals surface area (Å²) in [6.45, 7) is 1.78. The molecule has 2 aromatic rings. The summed E-state index contributed by atoms with van der Waals surface area (Å²) in [7, 11) is 0. The molecule has 0 aliphatic carbocycles. The van der Waals surface area contributed by atoms with Crippen molar-refractivity contribution in [3.63, 3.8) is 0 Å². The van der Waals surface area contributed by atoms with Crippen LogP contribution in [-0.2, 0) is 6.18 Å². The van der Waals surface area contributed by atoms with Crippen molar-refractivity contribution >= 4 is 5.88 Å². The fourth-order valence-corrected chi connectivity index (χ4v) is 1.58. The second kappa shape index (κ2) is 3.80. The highest BCUT2D eigenvalue weighted by Gasteiger charge is 2.39. The monoisotopic (exact) mass is 242 g/mol. The molecule has 17 heavy (non-hydrogen) atoms. The number of benzene rings is 1. The number of aryl methyl sites for hydroxylation is 1. The van der Waals surface area contributed by atoms with Crippen LogP contribution in [0.1, 0.15) is 11.3 Å². The molecule has 90 valence electrons. The van der Waals surface area contributed by atoms with Crippen molar-refractivity contribution in [2.45, 2.75) is 13.1 Å². The van der Waals surface area contributed by atoms with Crippen LogP contribution in [0.4, 0.5) is 19.1 Å². The SMILES string of the molecule is Cc1cccc(-c2c(C(F)(F)F)noc2N)c1. The van der Waals surface area contributed by atoms with Gasteiger partial charge in [-0.3, -0.25) is 0 Å². The van der Waals surface area contributed by atoms with Gasteiger partial charge in [-0.15, -0.1) is 0 Å². The summed E-state index contributed by atoms with van der Waals surface area (Å²) in [5.41, 5.74) is 5.26. The van der Waals surface area contributed by atoms with E-state index in [1.165, 1.54) is 6.07 Å². The Morgan fingerprint density at radius 3 is 2.59 bits per heavy atom. The molecule has 0 saturated heterocycles. The van der Waals surface area contributed by atoms with E-state index in [0.717, 1.165) is 5.56 Å². The molecule has 1 aromatic heterocycles. The zero-order valence-corrected chi connectivity index (χ0v) is 8.88. The van der Waals surface area contributed by atoms with E-state index in [4.69, 9.17) is 5.73 Å². The topological polar surface area (TPSA) is 52.0 Å². The van der Waals surface area contributed by atoms with Gasteiger partial charge in [0.25, 0.3) is 0 Å². The third-order valence-corrected chi connectivity index (χ3v) is 2.29. The minimum Gasteiger partial charge on any atom is -0.367 e. The van der Waals surface area contributed by atoms with E-state index in [2.05, 4.69) is 9.68 Å². The van der Waals surface area contributed by atoms with Crippen LogP contribution < -0.4 is 5.73 Å². The number of nitrogen functional groups attached to an aromatic ring is 1. The lowest BCUT2D eigenvalue weighted by molar-refractivity contribution is -0.142. The third-order valence-electron chi connectivity index (χ3n) is 2.29. The summed E-state index contributed by atoms with van der Waals surface area (Å²) >= 11 is 0. The number of nitrogens with zero attached hydrogens (tertiary/aromatic N) is 1. The first-order valence-corrected chi connectivity index (χ1v) is 4.79. The Bertz CT molecular complexity index is 546. The van der Waals surface area contributed by atoms with E-state index in [1.54, 1.807) is 25.1 Å². The van der Waals surface area contributed by atoms with E-state index in [1.807, 2.05) is 0 Å². The predicted octanol–water partition coefficient (Wildman–Crippen LogP) is 3.25. The molecule has 0 amide bonds. The average molecular weight is 242 g/mol. The maximum atomic E-state index is 12.7. The van der Waals surface area contributed by atoms with Crippen LogP contribution in [0.3, 0.4) is 0 Å². The summed E-state index contributed by atoms with van der Waals surface area (Å²) in [4.78, 5) is 0. The van der Waals surface area contributed by atoms with Crippen LogP contribution in [0.5, 0.6) is 0 Å². The second-order valence-corrected chi connectivity index (χ2v) is 3.64. The van der Waals surface area contributed by atoms with Gasteiger partial charge in [-0.25, -0.2) is 0 Å². The summed E-state index contributed by atoms with van der Waals surface area (Å²) < 4.78 is 42.4. The smallest absolute Gasteiger partial charge is 0.367 e. The van der Waals surface area contributed by atoms with Gasteiger partial charge in [-0.1, -0.05) is 35.0 Å². The van der Waals surface area contributed by atoms with E-state index in [-0.39, 0.29) is 11.4 Å². The van der Waals surface area contributed by atoms with Gasteiger partial charge >= 0.3 is 6.18 Å². The minimum absolute atomic E-state index is 0.207. The quantitative estimate of drug-likeness (QED) is 0.835. The zero-order valence-electron chi connectivity index (χ0n) is 8.88. The summed E-state index contributed by atoms with van der Waals surface area (Å²) in [5.74, 6) is -0.331. The Kier molecular flexibility index (Phi) is 2.57. The van der Waals surface area contributed by atoms with E-state index in [9.17, 15) is 13.2 Å². The minimum atomic E-state index is -4.58. The standard InChI is InChI=1S/C11H9F3N2O/c1-6-3-2-4-7(5-6)8-9(11(12,13)14)16-17-10(8)15/h2-5H,15H2,1H3. The highest BCUT2D eigenvalue weighted by Crippen LogP contribution is 2.39. The van der Waals surface area contributed by atoms with Gasteiger partial charge in [0.05, 0.1) is 5.56 Å². The molecule has 0 spiro atoms. The summed E-state index contributed by atoms with van der Waals surface area (Å²) in [6.07, 6.45) is -4.58. The number of rotatable bonds is 1. The largest absolute Gasteiger partial charge is 0.437 e. The fraction of sp³-hybridized carbons (Fsp3) is 0.182. The molecule has 0 radical (unpaired) electrons. The average Bonchev–Trinajstić information content (AvgIpc) is 2.59. The van der Waals surface area contributed by atoms with E-state index >= 15 is 0 Å². The molecule has 0 bridgehead atoms. The van der Waals surface area contributed by atoms with Gasteiger partial charge in [0, 0.05) is 0 Å². The molecule has 0 aliphatic rings. The van der Waals surface area contributed by atoms with Gasteiger partial charge in [-0.05, 0) is 12.5 Å². The lowest BCUT2D eigenvalue weighted by Crippen LogP contribution is -2.07. The highest BCUT2D eigenvalue weighted by atomic mass is 19.4. The number of nitrogens with two attached hydrogens (primary N) is 1. The Balaban J connectivity index is 2.63. The molecule has 2 rings (SSSR count). The van der Waals surface area contributed by atoms with Crippen molar-refractivity contribution in [2.75, 3.05) is 5.73 Å². The van der Waals surface area contributed by atoms with Crippen molar-refractivity contribution in [1.29, 1.82) is 0 Å². The number of hydrogen-bond acceptors (Lipinski definition) is 3. The second-order valence-electron chi connectivity index (χ2n) is 3.64. The van der Waals surface area contributed by atoms with Gasteiger partial charge in [0.1, 0.15) is 0 Å². The van der Waals surface area contributed by atoms with Crippen LogP contribution in [-0.4, -0.2) is 5.16 Å². The summed E-state index contributed by atoms with van der Waals surface area (Å²) in [5, 5.41) is 2.97. The predicted molar refractivity (Wildman–Crippen MR) is 56.1 cm³/mol. The first-order valence-electron chi connectivity index (χ1n) is 4.79. The van der Waals surface area contributed by atoms with Crippen molar-refractivity contribution in [1.82, 2.24) is 5.16 Å². The fourth-order valence-electron chi connectivity index (χ4n) is 1.58. The maximum Gasteiger partial charge on any atom is 0.437 e. The molecule has 0 atom stereocenters. The Morgan fingerprint density at radius 2 is 2.00 bits per heavy atom. The molecule has 1 heterocycles. The zero-order chi connectivity index (χ0) is 12.6. The molecule has 0 fully saturated rings. The van der Waals surface area contributed by atoms with Crippen LogP contribution in [0.15, 0.2) is 28.8 Å². The van der Waals surface area contributed by atoms with Crippen molar-refractivity contribution < 1.29 is 17.7 Å². The van der Waals surface area contributed by atoms with Crippen LogP contribution in [0.2, 0.25) is 0 Å².